The minimum absolute atomic E-state index is 0.124. The zero-order chi connectivity index (χ0) is 37.7. The largest absolute Gasteiger partial charge is 0.484 e. The van der Waals surface area contributed by atoms with E-state index >= 15 is 0 Å². The summed E-state index contributed by atoms with van der Waals surface area (Å²) in [6.07, 6.45) is 2.41. The Morgan fingerprint density at radius 1 is 0.863 bits per heavy atom. The van der Waals surface area contributed by atoms with Crippen LogP contribution >= 0.6 is 35.0 Å². The molecule has 13 nitrogen and oxygen atoms in total. The molecule has 1 saturated heterocycles. The molecule has 5 atom stereocenters. The molecule has 1 fully saturated rings. The lowest BCUT2D eigenvalue weighted by Crippen LogP contribution is -2.60. The van der Waals surface area contributed by atoms with Crippen LogP contribution in [0.4, 0.5) is 0 Å². The molecule has 0 radical (unpaired) electrons. The number of hydrogen-bond donors (Lipinski definition) is 5. The summed E-state index contributed by atoms with van der Waals surface area (Å²) in [6.45, 7) is 5.34. The van der Waals surface area contributed by atoms with E-state index in [1.54, 1.807) is 13.8 Å². The second-order valence-electron chi connectivity index (χ2n) is 12.6. The first-order chi connectivity index (χ1) is 24.2. The molecule has 3 rings (SSSR count). The normalized spacial score (nSPS) is 22.9. The quantitative estimate of drug-likeness (QED) is 0.259. The van der Waals surface area contributed by atoms with Crippen molar-refractivity contribution in [2.75, 3.05) is 31.7 Å². The third kappa shape index (κ3) is 13.2. The molecule has 1 aliphatic rings. The third-order valence-corrected chi connectivity index (χ3v) is 9.45. The standard InChI is InChI=1S/C35H46Cl2N6O7S/c1-20(2)31-35(49)41-28(13-14-51-5)34(48)39-22(4)32(46)40-24(15-23-9-7-6-8-10-23)17-43(18-29(44)38-21(3)33(47)42-31)30(45)19-50-25-11-12-26(36)27(37)16-25/h6-12,16,20-22,24,28,31H,13-15,17-19H2,1-5H3,(H,38,44)(H,39,48)(H,40,46)(H,41,49)(H,42,47)/t21-,22+,24-,28+,31+/m1/s1. The summed E-state index contributed by atoms with van der Waals surface area (Å²) in [5, 5.41) is 14.2. The maximum absolute atomic E-state index is 13.7. The van der Waals surface area contributed by atoms with Crippen molar-refractivity contribution in [1.82, 2.24) is 31.5 Å². The number of rotatable bonds is 9. The molecule has 16 heteroatoms. The minimum Gasteiger partial charge on any atom is -0.484 e. The van der Waals surface area contributed by atoms with Crippen LogP contribution in [0.25, 0.3) is 0 Å². The van der Waals surface area contributed by atoms with Gasteiger partial charge in [-0.25, -0.2) is 0 Å². The zero-order valence-corrected chi connectivity index (χ0v) is 31.6. The molecule has 0 aliphatic carbocycles. The van der Waals surface area contributed by atoms with Crippen LogP contribution in [0.15, 0.2) is 48.5 Å². The van der Waals surface area contributed by atoms with Gasteiger partial charge in [0.1, 0.15) is 29.9 Å². The number of thioether (sulfide) groups is 1. The summed E-state index contributed by atoms with van der Waals surface area (Å²) in [4.78, 5) is 81.9. The predicted molar refractivity (Wildman–Crippen MR) is 198 cm³/mol. The third-order valence-electron chi connectivity index (χ3n) is 8.07. The van der Waals surface area contributed by atoms with E-state index in [1.165, 1.54) is 48.7 Å². The Balaban J connectivity index is 1.97. The monoisotopic (exact) mass is 764 g/mol. The predicted octanol–water partition coefficient (Wildman–Crippen LogP) is 2.33. The Morgan fingerprint density at radius 2 is 1.53 bits per heavy atom. The summed E-state index contributed by atoms with van der Waals surface area (Å²) in [6, 6.07) is 8.88. The Labute approximate surface area is 312 Å². The van der Waals surface area contributed by atoms with Crippen LogP contribution in [0.1, 0.15) is 39.7 Å². The van der Waals surface area contributed by atoms with Gasteiger partial charge in [-0.2, -0.15) is 11.8 Å². The summed E-state index contributed by atoms with van der Waals surface area (Å²) >= 11 is 13.6. The average Bonchev–Trinajstić information content (AvgIpc) is 3.08. The number of nitrogens with one attached hydrogen (secondary N) is 5. The van der Waals surface area contributed by atoms with Gasteiger partial charge in [0.05, 0.1) is 22.6 Å². The molecule has 1 heterocycles. The van der Waals surface area contributed by atoms with Gasteiger partial charge in [-0.1, -0.05) is 67.4 Å². The van der Waals surface area contributed by atoms with Crippen molar-refractivity contribution < 1.29 is 33.5 Å². The molecule has 0 bridgehead atoms. The zero-order valence-electron chi connectivity index (χ0n) is 29.3. The van der Waals surface area contributed by atoms with E-state index in [1.807, 2.05) is 36.6 Å². The van der Waals surface area contributed by atoms with Crippen molar-refractivity contribution in [3.8, 4) is 5.75 Å². The molecular weight excluding hydrogens is 719 g/mol. The maximum Gasteiger partial charge on any atom is 0.261 e. The van der Waals surface area contributed by atoms with Crippen LogP contribution < -0.4 is 31.3 Å². The van der Waals surface area contributed by atoms with Crippen molar-refractivity contribution in [2.24, 2.45) is 5.92 Å². The first kappa shape index (κ1) is 41.4. The van der Waals surface area contributed by atoms with Gasteiger partial charge in [-0.3, -0.25) is 28.8 Å². The fourth-order valence-electron chi connectivity index (χ4n) is 5.19. The van der Waals surface area contributed by atoms with Crippen molar-refractivity contribution in [1.29, 1.82) is 0 Å². The van der Waals surface area contributed by atoms with Gasteiger partial charge in [0.25, 0.3) is 5.91 Å². The Bertz CT molecular complexity index is 1550. The second-order valence-corrected chi connectivity index (χ2v) is 14.4. The first-order valence-corrected chi connectivity index (χ1v) is 18.7. The van der Waals surface area contributed by atoms with Gasteiger partial charge in [0.15, 0.2) is 6.61 Å². The SMILES string of the molecule is CSCC[C@@H]1NC(=O)[C@H](C(C)C)NC(=O)[C@@H](C)NC(=O)CN(C(=O)COc2ccc(Cl)c(Cl)c2)C[C@@H](Cc2ccccc2)NC(=O)[C@H](C)NC1=O. The van der Waals surface area contributed by atoms with Crippen LogP contribution in [-0.4, -0.2) is 102 Å². The van der Waals surface area contributed by atoms with E-state index in [4.69, 9.17) is 27.9 Å². The molecule has 51 heavy (non-hydrogen) atoms. The Morgan fingerprint density at radius 3 is 2.18 bits per heavy atom. The van der Waals surface area contributed by atoms with E-state index in [2.05, 4.69) is 26.6 Å². The highest BCUT2D eigenvalue weighted by atomic mass is 35.5. The van der Waals surface area contributed by atoms with Crippen LogP contribution in [0.2, 0.25) is 10.0 Å². The molecule has 278 valence electrons. The average molecular weight is 766 g/mol. The fourth-order valence-corrected chi connectivity index (χ4v) is 5.95. The van der Waals surface area contributed by atoms with Gasteiger partial charge in [-0.05, 0) is 62.3 Å². The highest BCUT2D eigenvalue weighted by Crippen LogP contribution is 2.26. The minimum atomic E-state index is -1.09. The molecule has 0 spiro atoms. The molecule has 2 aromatic rings. The van der Waals surface area contributed by atoms with Gasteiger partial charge in [-0.15, -0.1) is 0 Å². The molecule has 0 aromatic heterocycles. The molecule has 2 aromatic carbocycles. The number of halogens is 2. The van der Waals surface area contributed by atoms with Crippen molar-refractivity contribution in [3.63, 3.8) is 0 Å². The van der Waals surface area contributed by atoms with Crippen LogP contribution in [0.3, 0.4) is 0 Å². The lowest BCUT2D eigenvalue weighted by atomic mass is 10.0. The summed E-state index contributed by atoms with van der Waals surface area (Å²) in [7, 11) is 0. The molecule has 0 saturated carbocycles. The summed E-state index contributed by atoms with van der Waals surface area (Å²) < 4.78 is 5.68. The number of benzene rings is 2. The number of hydrogen-bond acceptors (Lipinski definition) is 8. The van der Waals surface area contributed by atoms with Crippen LogP contribution in [-0.2, 0) is 35.2 Å². The maximum atomic E-state index is 13.7. The number of carbonyl (C=O) groups excluding carboxylic acids is 6. The number of carbonyl (C=O) groups is 6. The summed E-state index contributed by atoms with van der Waals surface area (Å²) in [5.41, 5.74) is 0.843. The second kappa shape index (κ2) is 20.1. The smallest absolute Gasteiger partial charge is 0.261 e. The van der Waals surface area contributed by atoms with E-state index in [-0.39, 0.29) is 36.1 Å². The molecule has 1 aliphatic heterocycles. The number of amides is 6. The van der Waals surface area contributed by atoms with Crippen LogP contribution in [0, 0.1) is 5.92 Å². The van der Waals surface area contributed by atoms with Crippen molar-refractivity contribution in [2.45, 2.75) is 70.7 Å². The lowest BCUT2D eigenvalue weighted by Gasteiger charge is -2.30. The molecular formula is C35H46Cl2N6O7S. The van der Waals surface area contributed by atoms with Gasteiger partial charge in [0.2, 0.25) is 29.5 Å². The van der Waals surface area contributed by atoms with Gasteiger partial charge >= 0.3 is 0 Å². The van der Waals surface area contributed by atoms with Crippen LogP contribution in [0.5, 0.6) is 5.75 Å². The molecule has 5 N–H and O–H groups in total. The molecule has 6 amide bonds. The highest BCUT2D eigenvalue weighted by molar-refractivity contribution is 7.98. The van der Waals surface area contributed by atoms with E-state index in [0.29, 0.717) is 10.8 Å². The van der Waals surface area contributed by atoms with E-state index in [0.717, 1.165) is 5.56 Å². The topological polar surface area (TPSA) is 175 Å². The Kier molecular flexibility index (Phi) is 16.4. The number of nitrogens with zero attached hydrogens (tertiary/aromatic N) is 1. The van der Waals surface area contributed by atoms with Crippen molar-refractivity contribution in [3.05, 3.63) is 64.1 Å². The van der Waals surface area contributed by atoms with Gasteiger partial charge in [0, 0.05) is 12.6 Å². The fraction of sp³-hybridized carbons (Fsp3) is 0.486. The lowest BCUT2D eigenvalue weighted by molar-refractivity contribution is -0.139. The highest BCUT2D eigenvalue weighted by Gasteiger charge is 2.32. The molecule has 0 unspecified atom stereocenters. The number of ether oxygens (including phenoxy) is 1. The van der Waals surface area contributed by atoms with Gasteiger partial charge < -0.3 is 36.2 Å². The van der Waals surface area contributed by atoms with E-state index < -0.39 is 78.8 Å². The van der Waals surface area contributed by atoms with Crippen molar-refractivity contribution >= 4 is 70.4 Å². The van der Waals surface area contributed by atoms with E-state index in [9.17, 15) is 28.8 Å². The summed E-state index contributed by atoms with van der Waals surface area (Å²) in [5.74, 6) is -3.13. The Hall–Kier alpha value is -4.01. The first-order valence-electron chi connectivity index (χ1n) is 16.6.